The molecule has 1 heterocycles. The number of hydrogen-bond donors (Lipinski definition) is 0. The summed E-state index contributed by atoms with van der Waals surface area (Å²) in [6.07, 6.45) is -0.531. The van der Waals surface area contributed by atoms with Crippen molar-refractivity contribution in [3.05, 3.63) is 59.9 Å². The van der Waals surface area contributed by atoms with E-state index < -0.39 is 6.10 Å². The number of hydrogen-bond acceptors (Lipinski definition) is 4. The maximum absolute atomic E-state index is 13.9. The highest BCUT2D eigenvalue weighted by Crippen LogP contribution is 2.20. The first kappa shape index (κ1) is 19.2. The van der Waals surface area contributed by atoms with Gasteiger partial charge in [0.2, 0.25) is 0 Å². The average Bonchev–Trinajstić information content (AvgIpc) is 2.72. The molecule has 0 bridgehead atoms. The van der Waals surface area contributed by atoms with Crippen LogP contribution in [0, 0.1) is 5.82 Å². The standard InChI is InChI=1S/C21H25FN2O3/c1-16(27-15-17-6-5-7-18(14-17)26-2)21(25)24-12-10-23(11-13-24)20-9-4-3-8-19(20)22/h3-9,14,16H,10-13,15H2,1-2H3/t16-/m0/s1. The Morgan fingerprint density at radius 2 is 1.85 bits per heavy atom. The Hall–Kier alpha value is -2.60. The lowest BCUT2D eigenvalue weighted by Gasteiger charge is -2.37. The summed E-state index contributed by atoms with van der Waals surface area (Å²) < 4.78 is 24.9. The third-order valence-corrected chi connectivity index (χ3v) is 4.77. The van der Waals surface area contributed by atoms with E-state index in [0.29, 0.717) is 38.5 Å². The molecule has 0 aromatic heterocycles. The molecule has 2 aromatic rings. The number of amides is 1. The minimum absolute atomic E-state index is 0.0360. The fraction of sp³-hybridized carbons (Fsp3) is 0.381. The lowest BCUT2D eigenvalue weighted by Crippen LogP contribution is -2.51. The van der Waals surface area contributed by atoms with E-state index in [-0.39, 0.29) is 11.7 Å². The Kier molecular flexibility index (Phi) is 6.29. The van der Waals surface area contributed by atoms with Gasteiger partial charge in [-0.1, -0.05) is 24.3 Å². The van der Waals surface area contributed by atoms with Crippen molar-refractivity contribution in [1.29, 1.82) is 0 Å². The number of ether oxygens (including phenoxy) is 2. The molecule has 1 saturated heterocycles. The number of nitrogens with zero attached hydrogens (tertiary/aromatic N) is 2. The van der Waals surface area contributed by atoms with Crippen molar-refractivity contribution < 1.29 is 18.7 Å². The molecule has 3 rings (SSSR count). The topological polar surface area (TPSA) is 42.0 Å². The van der Waals surface area contributed by atoms with E-state index in [9.17, 15) is 9.18 Å². The number of rotatable bonds is 6. The Morgan fingerprint density at radius 1 is 1.11 bits per heavy atom. The summed E-state index contributed by atoms with van der Waals surface area (Å²) in [5.41, 5.74) is 1.55. The summed E-state index contributed by atoms with van der Waals surface area (Å²) in [5, 5.41) is 0. The summed E-state index contributed by atoms with van der Waals surface area (Å²) in [7, 11) is 1.62. The van der Waals surface area contributed by atoms with Gasteiger partial charge in [-0.05, 0) is 36.8 Å². The van der Waals surface area contributed by atoms with E-state index >= 15 is 0 Å². The van der Waals surface area contributed by atoms with Crippen molar-refractivity contribution >= 4 is 11.6 Å². The second-order valence-corrected chi connectivity index (χ2v) is 6.57. The number of carbonyl (C=O) groups excluding carboxylic acids is 1. The number of carbonyl (C=O) groups is 1. The molecule has 0 N–H and O–H groups in total. The van der Waals surface area contributed by atoms with Crippen molar-refractivity contribution in [2.24, 2.45) is 0 Å². The second kappa shape index (κ2) is 8.86. The van der Waals surface area contributed by atoms with Crippen LogP contribution in [-0.2, 0) is 16.1 Å². The molecule has 1 atom stereocenters. The molecule has 2 aromatic carbocycles. The van der Waals surface area contributed by atoms with E-state index in [4.69, 9.17) is 9.47 Å². The number of piperazine rings is 1. The van der Waals surface area contributed by atoms with Gasteiger partial charge in [0, 0.05) is 26.2 Å². The fourth-order valence-corrected chi connectivity index (χ4v) is 3.19. The minimum Gasteiger partial charge on any atom is -0.497 e. The lowest BCUT2D eigenvalue weighted by atomic mass is 10.2. The maximum Gasteiger partial charge on any atom is 0.251 e. The van der Waals surface area contributed by atoms with E-state index in [1.807, 2.05) is 35.2 Å². The molecular weight excluding hydrogens is 347 g/mol. The molecule has 0 unspecified atom stereocenters. The van der Waals surface area contributed by atoms with Gasteiger partial charge >= 0.3 is 0 Å². The number of halogens is 1. The van der Waals surface area contributed by atoms with Crippen LogP contribution in [0.4, 0.5) is 10.1 Å². The maximum atomic E-state index is 13.9. The molecule has 0 saturated carbocycles. The molecule has 144 valence electrons. The van der Waals surface area contributed by atoms with E-state index in [1.165, 1.54) is 6.07 Å². The largest absolute Gasteiger partial charge is 0.497 e. The zero-order valence-electron chi connectivity index (χ0n) is 15.7. The second-order valence-electron chi connectivity index (χ2n) is 6.57. The van der Waals surface area contributed by atoms with E-state index in [1.54, 1.807) is 31.1 Å². The molecule has 5 nitrogen and oxygen atoms in total. The van der Waals surface area contributed by atoms with Gasteiger partial charge in [0.25, 0.3) is 5.91 Å². The zero-order valence-corrected chi connectivity index (χ0v) is 15.7. The van der Waals surface area contributed by atoms with Gasteiger partial charge < -0.3 is 19.3 Å². The van der Waals surface area contributed by atoms with Gasteiger partial charge in [0.1, 0.15) is 17.7 Å². The van der Waals surface area contributed by atoms with Gasteiger partial charge in [-0.2, -0.15) is 0 Å². The van der Waals surface area contributed by atoms with Gasteiger partial charge in [0.15, 0.2) is 0 Å². The molecule has 1 fully saturated rings. The predicted molar refractivity (Wildman–Crippen MR) is 102 cm³/mol. The van der Waals surface area contributed by atoms with Crippen LogP contribution < -0.4 is 9.64 Å². The van der Waals surface area contributed by atoms with Crippen molar-refractivity contribution in [3.63, 3.8) is 0 Å². The van der Waals surface area contributed by atoms with Gasteiger partial charge in [0.05, 0.1) is 19.4 Å². The molecule has 0 radical (unpaired) electrons. The van der Waals surface area contributed by atoms with Gasteiger partial charge in [-0.3, -0.25) is 4.79 Å². The Bertz CT molecular complexity index is 776. The smallest absolute Gasteiger partial charge is 0.251 e. The van der Waals surface area contributed by atoms with Crippen LogP contribution in [0.2, 0.25) is 0 Å². The SMILES string of the molecule is COc1cccc(CO[C@@H](C)C(=O)N2CCN(c3ccccc3F)CC2)c1. The highest BCUT2D eigenvalue weighted by Gasteiger charge is 2.26. The first-order valence-corrected chi connectivity index (χ1v) is 9.11. The Balaban J connectivity index is 1.50. The number of anilines is 1. The lowest BCUT2D eigenvalue weighted by molar-refractivity contribution is -0.143. The van der Waals surface area contributed by atoms with E-state index in [0.717, 1.165) is 11.3 Å². The Labute approximate surface area is 159 Å². The first-order chi connectivity index (χ1) is 13.1. The highest BCUT2D eigenvalue weighted by atomic mass is 19.1. The van der Waals surface area contributed by atoms with Gasteiger partial charge in [-0.25, -0.2) is 4.39 Å². The van der Waals surface area contributed by atoms with E-state index in [2.05, 4.69) is 0 Å². The normalized spacial score (nSPS) is 15.5. The van der Waals surface area contributed by atoms with Crippen molar-refractivity contribution in [2.75, 3.05) is 38.2 Å². The zero-order chi connectivity index (χ0) is 19.2. The summed E-state index contributed by atoms with van der Waals surface area (Å²) in [5.74, 6) is 0.498. The molecule has 6 heteroatoms. The number of para-hydroxylation sites is 1. The van der Waals surface area contributed by atoms with Crippen LogP contribution >= 0.6 is 0 Å². The Morgan fingerprint density at radius 3 is 2.56 bits per heavy atom. The molecular formula is C21H25FN2O3. The monoisotopic (exact) mass is 372 g/mol. The van der Waals surface area contributed by atoms with Crippen LogP contribution in [0.15, 0.2) is 48.5 Å². The van der Waals surface area contributed by atoms with Crippen molar-refractivity contribution in [2.45, 2.75) is 19.6 Å². The highest BCUT2D eigenvalue weighted by molar-refractivity contribution is 5.80. The fourth-order valence-electron chi connectivity index (χ4n) is 3.19. The molecule has 1 aliphatic rings. The van der Waals surface area contributed by atoms with Crippen molar-refractivity contribution in [1.82, 2.24) is 4.90 Å². The molecule has 1 aliphatic heterocycles. The quantitative estimate of drug-likeness (QED) is 0.782. The predicted octanol–water partition coefficient (Wildman–Crippen LogP) is 3.09. The molecule has 0 aliphatic carbocycles. The van der Waals surface area contributed by atoms with Crippen LogP contribution in [0.25, 0.3) is 0 Å². The number of methoxy groups -OCH3 is 1. The summed E-state index contributed by atoms with van der Waals surface area (Å²) in [6, 6.07) is 14.3. The van der Waals surface area contributed by atoms with Crippen LogP contribution in [0.1, 0.15) is 12.5 Å². The van der Waals surface area contributed by atoms with Crippen LogP contribution in [-0.4, -0.2) is 50.2 Å². The average molecular weight is 372 g/mol. The molecule has 0 spiro atoms. The van der Waals surface area contributed by atoms with Crippen LogP contribution in [0.3, 0.4) is 0 Å². The molecule has 27 heavy (non-hydrogen) atoms. The third-order valence-electron chi connectivity index (χ3n) is 4.77. The molecule has 1 amide bonds. The summed E-state index contributed by atoms with van der Waals surface area (Å²) >= 11 is 0. The summed E-state index contributed by atoms with van der Waals surface area (Å²) in [6.45, 7) is 4.44. The minimum atomic E-state index is -0.531. The summed E-state index contributed by atoms with van der Waals surface area (Å²) in [4.78, 5) is 16.4. The van der Waals surface area contributed by atoms with Crippen LogP contribution in [0.5, 0.6) is 5.75 Å². The third kappa shape index (κ3) is 4.77. The number of benzene rings is 2. The van der Waals surface area contributed by atoms with Gasteiger partial charge in [-0.15, -0.1) is 0 Å². The first-order valence-electron chi connectivity index (χ1n) is 9.11. The van der Waals surface area contributed by atoms with Crippen molar-refractivity contribution in [3.8, 4) is 5.75 Å².